The number of halogens is 4. The summed E-state index contributed by atoms with van der Waals surface area (Å²) in [4.78, 5) is 8.39. The fourth-order valence-corrected chi connectivity index (χ4v) is 7.25. The fourth-order valence-electron chi connectivity index (χ4n) is 5.01. The number of nitrogens with one attached hydrogen (secondary N) is 2. The smallest absolute Gasteiger partial charge is 0.653 e. The van der Waals surface area contributed by atoms with Gasteiger partial charge >= 0.3 is 36.3 Å². The summed E-state index contributed by atoms with van der Waals surface area (Å²) < 4.78 is 104. The molecule has 0 amide bonds. The second-order valence-corrected chi connectivity index (χ2v) is 13.4. The Hall–Kier alpha value is -4.55. The minimum Gasteiger partial charge on any atom is -0.653 e. The van der Waals surface area contributed by atoms with E-state index in [1.165, 1.54) is 77.2 Å². The summed E-state index contributed by atoms with van der Waals surface area (Å²) in [6.07, 6.45) is 3.08. The standard InChI is InChI=1S/2C16H16F2N3O4S.Mg.2H2O/c2*1-23-13-5-6-19-12(14(13)24-2)8-26(22)16-20-10-4-3-9(25-15(17)18)7-11(10)21-16;;;/h2*3-7,15-16,21H,8H2,1-2H3;;2*1H2/q2*-1;+2;;. The Morgan fingerprint density at radius 1 is 0.655 bits per heavy atom. The molecule has 0 spiro atoms. The molecule has 2 aromatic carbocycles. The van der Waals surface area contributed by atoms with Crippen LogP contribution in [0.1, 0.15) is 11.4 Å². The van der Waals surface area contributed by atoms with Crippen molar-refractivity contribution in [3.8, 4) is 34.5 Å². The fraction of sp³-hybridized carbons (Fsp3) is 0.312. The molecule has 0 saturated carbocycles. The van der Waals surface area contributed by atoms with Crippen molar-refractivity contribution in [2.75, 3.05) is 39.1 Å². The van der Waals surface area contributed by atoms with Crippen LogP contribution in [0, 0.1) is 0 Å². The molecular formula is C32H36F4MgN6O10S2. The quantitative estimate of drug-likeness (QED) is 0.130. The summed E-state index contributed by atoms with van der Waals surface area (Å²) in [5.41, 5.74) is 1.49. The van der Waals surface area contributed by atoms with Gasteiger partial charge in [-0.25, -0.2) is 0 Å². The number of methoxy groups -OCH3 is 4. The number of pyridine rings is 2. The molecule has 2 aliphatic rings. The second kappa shape index (κ2) is 21.5. The number of ether oxygens (including phenoxy) is 6. The number of benzene rings is 2. The van der Waals surface area contributed by atoms with Crippen LogP contribution in [-0.4, -0.2) is 105 Å². The molecule has 2 aliphatic heterocycles. The SMILES string of the molecule is COc1ccnc(CS(=O)C2[N-]c3ccc(OC(F)F)cc3N2)c1OC.COc1ccnc(CS(=O)C2[N-]c3ccc(OC(F)F)cc3N2)c1OC.O.O.[Mg+2]. The number of fused-ring (bicyclic) bond motifs is 2. The van der Waals surface area contributed by atoms with Crippen LogP contribution in [0.4, 0.5) is 40.3 Å². The van der Waals surface area contributed by atoms with Gasteiger partial charge in [0.1, 0.15) is 11.5 Å². The number of hydrogen-bond donors (Lipinski definition) is 2. The molecule has 16 nitrogen and oxygen atoms in total. The molecule has 4 aromatic rings. The van der Waals surface area contributed by atoms with Gasteiger partial charge in [-0.15, -0.1) is 11.4 Å². The van der Waals surface area contributed by atoms with E-state index in [0.29, 0.717) is 57.1 Å². The van der Waals surface area contributed by atoms with Crippen LogP contribution in [0.2, 0.25) is 0 Å². The van der Waals surface area contributed by atoms with Crippen LogP contribution >= 0.6 is 0 Å². The normalized spacial score (nSPS) is 15.5. The second-order valence-electron chi connectivity index (χ2n) is 10.4. The molecule has 0 radical (unpaired) electrons. The molecule has 0 aliphatic carbocycles. The van der Waals surface area contributed by atoms with Gasteiger partial charge in [0, 0.05) is 80.6 Å². The van der Waals surface area contributed by atoms with E-state index in [2.05, 4.69) is 40.7 Å². The first kappa shape index (κ1) is 46.6. The van der Waals surface area contributed by atoms with E-state index in [4.69, 9.17) is 18.9 Å². The summed E-state index contributed by atoms with van der Waals surface area (Å²) in [6, 6.07) is 11.9. The van der Waals surface area contributed by atoms with E-state index in [0.717, 1.165) is 0 Å². The Labute approximate surface area is 333 Å². The van der Waals surface area contributed by atoms with Gasteiger partial charge in [0.2, 0.25) is 0 Å². The maximum absolute atomic E-state index is 12.7. The van der Waals surface area contributed by atoms with E-state index in [-0.39, 0.29) is 57.0 Å². The molecule has 0 bridgehead atoms. The average molecular weight is 829 g/mol. The molecule has 6 N–H and O–H groups in total. The van der Waals surface area contributed by atoms with Gasteiger partial charge in [-0.3, -0.25) is 18.4 Å². The van der Waals surface area contributed by atoms with Crippen LogP contribution in [0.3, 0.4) is 0 Å². The zero-order valence-corrected chi connectivity index (χ0v) is 32.6. The van der Waals surface area contributed by atoms with E-state index >= 15 is 0 Å². The monoisotopic (exact) mass is 828 g/mol. The molecule has 2 aromatic heterocycles. The molecule has 296 valence electrons. The van der Waals surface area contributed by atoms with Crippen molar-refractivity contribution in [1.82, 2.24) is 9.97 Å². The third-order valence-corrected chi connectivity index (χ3v) is 9.80. The zero-order valence-electron chi connectivity index (χ0n) is 29.6. The molecule has 0 saturated heterocycles. The Morgan fingerprint density at radius 3 is 1.36 bits per heavy atom. The summed E-state index contributed by atoms with van der Waals surface area (Å²) in [7, 11) is 3.00. The van der Waals surface area contributed by atoms with Crippen LogP contribution in [0.5, 0.6) is 34.5 Å². The first-order chi connectivity index (χ1) is 25.0. The molecular weight excluding hydrogens is 793 g/mol. The number of anilines is 2. The first-order valence-electron chi connectivity index (χ1n) is 15.0. The van der Waals surface area contributed by atoms with Crippen LogP contribution in [0.15, 0.2) is 60.9 Å². The number of alkyl halides is 4. The van der Waals surface area contributed by atoms with Crippen molar-refractivity contribution >= 4 is 67.4 Å². The van der Waals surface area contributed by atoms with Gasteiger partial charge in [0.15, 0.2) is 23.0 Å². The molecule has 4 unspecified atom stereocenters. The van der Waals surface area contributed by atoms with E-state index in [1.807, 2.05) is 0 Å². The summed E-state index contributed by atoms with van der Waals surface area (Å²) in [5, 5.41) is 14.5. The summed E-state index contributed by atoms with van der Waals surface area (Å²) >= 11 is 0. The molecule has 4 heterocycles. The maximum Gasteiger partial charge on any atom is 2.00 e. The van der Waals surface area contributed by atoms with Crippen molar-refractivity contribution in [2.45, 2.75) is 35.7 Å². The molecule has 23 heteroatoms. The Morgan fingerprint density at radius 2 is 1.04 bits per heavy atom. The number of hydrogen-bond acceptors (Lipinski definition) is 12. The predicted molar refractivity (Wildman–Crippen MR) is 198 cm³/mol. The minimum atomic E-state index is -2.91. The van der Waals surface area contributed by atoms with E-state index in [1.54, 1.807) is 12.1 Å². The molecule has 0 fully saturated rings. The molecule has 55 heavy (non-hydrogen) atoms. The van der Waals surface area contributed by atoms with Gasteiger partial charge in [-0.1, -0.05) is 12.1 Å². The molecule has 6 rings (SSSR count). The van der Waals surface area contributed by atoms with Crippen molar-refractivity contribution in [2.24, 2.45) is 0 Å². The predicted octanol–water partition coefficient (Wildman–Crippen LogP) is 4.70. The van der Waals surface area contributed by atoms with E-state index < -0.39 is 45.8 Å². The first-order valence-corrected chi connectivity index (χ1v) is 17.8. The van der Waals surface area contributed by atoms with Crippen LogP contribution in [0.25, 0.3) is 10.6 Å². The van der Waals surface area contributed by atoms with Crippen molar-refractivity contribution in [3.05, 3.63) is 82.9 Å². The van der Waals surface area contributed by atoms with Gasteiger partial charge in [0.25, 0.3) is 0 Å². The number of aromatic nitrogens is 2. The third kappa shape index (κ3) is 11.7. The third-order valence-electron chi connectivity index (χ3n) is 7.25. The Bertz CT molecular complexity index is 1790. The largest absolute Gasteiger partial charge is 2.00 e. The van der Waals surface area contributed by atoms with Crippen molar-refractivity contribution < 1.29 is 65.4 Å². The van der Waals surface area contributed by atoms with Gasteiger partial charge in [0.05, 0.1) is 51.3 Å². The Kier molecular flexibility index (Phi) is 18.2. The minimum absolute atomic E-state index is 0. The Balaban J connectivity index is 0.000000360. The van der Waals surface area contributed by atoms with Gasteiger partial charge in [-0.05, 0) is 12.1 Å². The molecule has 4 atom stereocenters. The maximum atomic E-state index is 12.7. The number of rotatable bonds is 14. The topological polar surface area (TPSA) is 231 Å². The summed E-state index contributed by atoms with van der Waals surface area (Å²) in [5.74, 6) is 1.96. The van der Waals surface area contributed by atoms with Gasteiger partial charge in [-0.2, -0.15) is 17.6 Å². The van der Waals surface area contributed by atoms with Crippen LogP contribution in [-0.2, 0) is 33.1 Å². The van der Waals surface area contributed by atoms with Crippen molar-refractivity contribution in [1.29, 1.82) is 0 Å². The van der Waals surface area contributed by atoms with Crippen LogP contribution < -0.4 is 39.1 Å². The van der Waals surface area contributed by atoms with Crippen molar-refractivity contribution in [3.63, 3.8) is 0 Å². The number of nitrogens with zero attached hydrogens (tertiary/aromatic N) is 4. The summed E-state index contributed by atoms with van der Waals surface area (Å²) in [6.45, 7) is -5.83. The zero-order chi connectivity index (χ0) is 37.4. The van der Waals surface area contributed by atoms with Gasteiger partial charge < -0.3 is 60.6 Å². The average Bonchev–Trinajstić information content (AvgIpc) is 3.75. The van der Waals surface area contributed by atoms with E-state index in [9.17, 15) is 26.0 Å².